The smallest absolute Gasteiger partial charge is 0.271 e. The maximum Gasteiger partial charge on any atom is 0.271 e. The number of rotatable bonds is 5. The second-order valence-corrected chi connectivity index (χ2v) is 10.1. The standard InChI is InChI=1S/C13H16N2O4S3/c1-10-7-8-13(20-10)21(16,17)14-11-5-4-6-12(9-11)22(18,19)15(2)3/h4-9,14H,1-3H3. The van der Waals surface area contributed by atoms with Gasteiger partial charge in [-0.3, -0.25) is 4.72 Å². The number of aryl methyl sites for hydroxylation is 1. The van der Waals surface area contributed by atoms with Crippen LogP contribution in [-0.4, -0.2) is 35.2 Å². The molecule has 9 heteroatoms. The third kappa shape index (κ3) is 3.49. The van der Waals surface area contributed by atoms with Crippen LogP contribution in [0.5, 0.6) is 0 Å². The van der Waals surface area contributed by atoms with Gasteiger partial charge in [0.05, 0.1) is 10.6 Å². The van der Waals surface area contributed by atoms with Gasteiger partial charge in [0, 0.05) is 19.0 Å². The van der Waals surface area contributed by atoms with Crippen LogP contribution in [-0.2, 0) is 20.0 Å². The van der Waals surface area contributed by atoms with Crippen molar-refractivity contribution < 1.29 is 16.8 Å². The highest BCUT2D eigenvalue weighted by atomic mass is 32.2. The van der Waals surface area contributed by atoms with Crippen molar-refractivity contribution in [2.24, 2.45) is 0 Å². The second-order valence-electron chi connectivity index (χ2n) is 4.79. The Bertz CT molecular complexity index is 884. The van der Waals surface area contributed by atoms with Gasteiger partial charge in [-0.1, -0.05) is 6.07 Å². The molecule has 0 aliphatic heterocycles. The molecule has 0 saturated heterocycles. The average molecular weight is 360 g/mol. The molecule has 0 aliphatic rings. The fourth-order valence-electron chi connectivity index (χ4n) is 1.69. The lowest BCUT2D eigenvalue weighted by Gasteiger charge is -2.13. The Morgan fingerprint density at radius 3 is 2.27 bits per heavy atom. The van der Waals surface area contributed by atoms with Crippen LogP contribution in [0.2, 0.25) is 0 Å². The Morgan fingerprint density at radius 2 is 1.73 bits per heavy atom. The number of hydrogen-bond donors (Lipinski definition) is 1. The van der Waals surface area contributed by atoms with Crippen LogP contribution in [0.15, 0.2) is 45.5 Å². The Labute approximate surface area is 134 Å². The Balaban J connectivity index is 2.36. The van der Waals surface area contributed by atoms with Crippen LogP contribution in [0.1, 0.15) is 4.88 Å². The monoisotopic (exact) mass is 360 g/mol. The maximum atomic E-state index is 12.2. The van der Waals surface area contributed by atoms with Crippen LogP contribution in [0.4, 0.5) is 5.69 Å². The lowest BCUT2D eigenvalue weighted by molar-refractivity contribution is 0.521. The predicted octanol–water partition coefficient (Wildman–Crippen LogP) is 2.11. The minimum absolute atomic E-state index is 0.0278. The number of thiophene rings is 1. The summed E-state index contributed by atoms with van der Waals surface area (Å²) in [6.07, 6.45) is 0. The first-order chi connectivity index (χ1) is 10.1. The zero-order chi connectivity index (χ0) is 16.5. The SMILES string of the molecule is Cc1ccc(S(=O)(=O)Nc2cccc(S(=O)(=O)N(C)C)c2)s1. The highest BCUT2D eigenvalue weighted by Gasteiger charge is 2.20. The molecule has 1 aromatic heterocycles. The van der Waals surface area contributed by atoms with E-state index in [1.165, 1.54) is 44.4 Å². The molecule has 0 spiro atoms. The first-order valence-electron chi connectivity index (χ1n) is 6.25. The topological polar surface area (TPSA) is 83.5 Å². The Kier molecular flexibility index (Phi) is 4.62. The van der Waals surface area contributed by atoms with E-state index in [0.29, 0.717) is 0 Å². The molecule has 0 amide bonds. The van der Waals surface area contributed by atoms with E-state index in [4.69, 9.17) is 0 Å². The first kappa shape index (κ1) is 16.9. The number of nitrogens with one attached hydrogen (secondary N) is 1. The molecule has 1 heterocycles. The molecule has 0 fully saturated rings. The summed E-state index contributed by atoms with van der Waals surface area (Å²) in [4.78, 5) is 0.907. The molecule has 6 nitrogen and oxygen atoms in total. The zero-order valence-corrected chi connectivity index (χ0v) is 14.7. The predicted molar refractivity (Wildman–Crippen MR) is 87.2 cm³/mol. The van der Waals surface area contributed by atoms with Crippen LogP contribution >= 0.6 is 11.3 Å². The van der Waals surface area contributed by atoms with Crippen molar-refractivity contribution in [1.82, 2.24) is 4.31 Å². The van der Waals surface area contributed by atoms with Gasteiger partial charge in [0.15, 0.2) is 0 Å². The molecule has 0 atom stereocenters. The summed E-state index contributed by atoms with van der Waals surface area (Å²) in [6.45, 7) is 1.81. The van der Waals surface area contributed by atoms with Gasteiger partial charge in [-0.15, -0.1) is 11.3 Å². The normalized spacial score (nSPS) is 12.5. The van der Waals surface area contributed by atoms with Gasteiger partial charge < -0.3 is 0 Å². The second kappa shape index (κ2) is 5.99. The molecule has 2 rings (SSSR count). The van der Waals surface area contributed by atoms with Crippen molar-refractivity contribution in [1.29, 1.82) is 0 Å². The first-order valence-corrected chi connectivity index (χ1v) is 9.99. The van der Waals surface area contributed by atoms with Crippen LogP contribution in [0.3, 0.4) is 0 Å². The highest BCUT2D eigenvalue weighted by Crippen LogP contribution is 2.25. The van der Waals surface area contributed by atoms with Crippen molar-refractivity contribution in [2.75, 3.05) is 18.8 Å². The lowest BCUT2D eigenvalue weighted by atomic mass is 10.3. The molecule has 0 unspecified atom stereocenters. The number of sulfonamides is 2. The minimum Gasteiger partial charge on any atom is -0.279 e. The van der Waals surface area contributed by atoms with Crippen molar-refractivity contribution >= 4 is 37.1 Å². The maximum absolute atomic E-state index is 12.2. The molecule has 120 valence electrons. The molecule has 0 saturated carbocycles. The number of nitrogens with zero attached hydrogens (tertiary/aromatic N) is 1. The molecule has 0 radical (unpaired) electrons. The van der Waals surface area contributed by atoms with E-state index in [9.17, 15) is 16.8 Å². The molecule has 1 aromatic carbocycles. The van der Waals surface area contributed by atoms with Crippen molar-refractivity contribution in [3.05, 3.63) is 41.3 Å². The van der Waals surface area contributed by atoms with Gasteiger partial charge in [0.2, 0.25) is 10.0 Å². The summed E-state index contributed by atoms with van der Waals surface area (Å²) in [5.74, 6) is 0. The van der Waals surface area contributed by atoms with E-state index in [-0.39, 0.29) is 14.8 Å². The number of benzene rings is 1. The molecule has 22 heavy (non-hydrogen) atoms. The van der Waals surface area contributed by atoms with E-state index in [1.807, 2.05) is 6.92 Å². The van der Waals surface area contributed by atoms with Crippen molar-refractivity contribution in [3.8, 4) is 0 Å². The molecule has 0 bridgehead atoms. The van der Waals surface area contributed by atoms with Crippen LogP contribution in [0.25, 0.3) is 0 Å². The van der Waals surface area contributed by atoms with Gasteiger partial charge >= 0.3 is 0 Å². The Hall–Kier alpha value is -1.42. The number of anilines is 1. The summed E-state index contributed by atoms with van der Waals surface area (Å²) in [6, 6.07) is 8.95. The van der Waals surface area contributed by atoms with E-state index >= 15 is 0 Å². The third-order valence-electron chi connectivity index (χ3n) is 2.85. The van der Waals surface area contributed by atoms with Gasteiger partial charge in [0.1, 0.15) is 4.21 Å². The molecule has 1 N–H and O–H groups in total. The zero-order valence-electron chi connectivity index (χ0n) is 12.3. The molecular formula is C13H16N2O4S3. The third-order valence-corrected chi connectivity index (χ3v) is 7.53. The van der Waals surface area contributed by atoms with Gasteiger partial charge in [0.25, 0.3) is 10.0 Å². The minimum atomic E-state index is -3.71. The summed E-state index contributed by atoms with van der Waals surface area (Å²) in [5, 5.41) is 0. The summed E-state index contributed by atoms with van der Waals surface area (Å²) < 4.78 is 52.3. The average Bonchev–Trinajstić information content (AvgIpc) is 2.86. The summed E-state index contributed by atoms with van der Waals surface area (Å²) in [5.41, 5.74) is 0.203. The van der Waals surface area contributed by atoms with Crippen LogP contribution < -0.4 is 4.72 Å². The van der Waals surface area contributed by atoms with E-state index in [2.05, 4.69) is 4.72 Å². The summed E-state index contributed by atoms with van der Waals surface area (Å²) >= 11 is 1.15. The van der Waals surface area contributed by atoms with Gasteiger partial charge in [-0.05, 0) is 37.3 Å². The molecule has 0 aliphatic carbocycles. The number of hydrogen-bond acceptors (Lipinski definition) is 5. The van der Waals surface area contributed by atoms with Crippen molar-refractivity contribution in [3.63, 3.8) is 0 Å². The molecule has 2 aromatic rings. The largest absolute Gasteiger partial charge is 0.279 e. The Morgan fingerprint density at radius 1 is 1.05 bits per heavy atom. The van der Waals surface area contributed by atoms with E-state index in [1.54, 1.807) is 6.07 Å². The van der Waals surface area contributed by atoms with E-state index < -0.39 is 20.0 Å². The fraction of sp³-hybridized carbons (Fsp3) is 0.231. The van der Waals surface area contributed by atoms with Gasteiger partial charge in [-0.2, -0.15) is 0 Å². The van der Waals surface area contributed by atoms with Gasteiger partial charge in [-0.25, -0.2) is 21.1 Å². The lowest BCUT2D eigenvalue weighted by Crippen LogP contribution is -2.22. The highest BCUT2D eigenvalue weighted by molar-refractivity contribution is 7.94. The summed E-state index contributed by atoms with van der Waals surface area (Å²) in [7, 11) is -4.49. The molecular weight excluding hydrogens is 344 g/mol. The fourth-order valence-corrected chi connectivity index (χ4v) is 4.97. The quantitative estimate of drug-likeness (QED) is 0.885. The van der Waals surface area contributed by atoms with E-state index in [0.717, 1.165) is 20.5 Å². The van der Waals surface area contributed by atoms with Crippen molar-refractivity contribution in [2.45, 2.75) is 16.0 Å². The van der Waals surface area contributed by atoms with Crippen LogP contribution in [0, 0.1) is 6.92 Å².